The summed E-state index contributed by atoms with van der Waals surface area (Å²) in [6.07, 6.45) is 7.52. The molecule has 1 aromatic heterocycles. The number of carbonyl (C=O) groups is 1. The summed E-state index contributed by atoms with van der Waals surface area (Å²) in [7, 11) is 0. The van der Waals surface area contributed by atoms with Gasteiger partial charge in [-0.2, -0.15) is 0 Å². The van der Waals surface area contributed by atoms with E-state index in [4.69, 9.17) is 16.3 Å². The van der Waals surface area contributed by atoms with Gasteiger partial charge in [-0.15, -0.1) is 0 Å². The number of nitrogens with zero attached hydrogens (tertiary/aromatic N) is 2. The Balaban J connectivity index is 1.55. The molecule has 0 saturated heterocycles. The highest BCUT2D eigenvalue weighted by molar-refractivity contribution is 6.35. The Kier molecular flexibility index (Phi) is 6.37. The second-order valence-electron chi connectivity index (χ2n) is 7.80. The lowest BCUT2D eigenvalue weighted by atomic mass is 10.0. The quantitative estimate of drug-likeness (QED) is 0.490. The van der Waals surface area contributed by atoms with Crippen molar-refractivity contribution in [3.8, 4) is 16.9 Å². The zero-order chi connectivity index (χ0) is 21.8. The molecule has 1 fully saturated rings. The van der Waals surface area contributed by atoms with Crippen LogP contribution in [0.25, 0.3) is 11.1 Å². The molecule has 0 amide bonds. The highest BCUT2D eigenvalue weighted by atomic mass is 35.5. The Hall–Kier alpha value is -3.12. The molecule has 0 radical (unpaired) electrons. The summed E-state index contributed by atoms with van der Waals surface area (Å²) in [4.78, 5) is 20.5. The van der Waals surface area contributed by atoms with Gasteiger partial charge in [0.2, 0.25) is 5.95 Å². The third-order valence-corrected chi connectivity index (χ3v) is 5.77. The number of halogens is 1. The van der Waals surface area contributed by atoms with Crippen LogP contribution in [0.15, 0.2) is 48.8 Å². The number of hydrogen-bond acceptors (Lipinski definition) is 5. The Morgan fingerprint density at radius 3 is 2.58 bits per heavy atom. The van der Waals surface area contributed by atoms with E-state index in [1.807, 2.05) is 12.1 Å². The van der Waals surface area contributed by atoms with Crippen molar-refractivity contribution in [2.24, 2.45) is 0 Å². The lowest BCUT2D eigenvalue weighted by Gasteiger charge is -2.17. The second kappa shape index (κ2) is 9.35. The van der Waals surface area contributed by atoms with Crippen LogP contribution < -0.4 is 10.1 Å². The van der Waals surface area contributed by atoms with Gasteiger partial charge in [-0.3, -0.25) is 0 Å². The largest absolute Gasteiger partial charge is 0.489 e. The molecule has 1 saturated carbocycles. The van der Waals surface area contributed by atoms with E-state index in [1.165, 1.54) is 11.6 Å². The van der Waals surface area contributed by atoms with Crippen LogP contribution in [-0.2, 0) is 6.54 Å². The summed E-state index contributed by atoms with van der Waals surface area (Å²) in [5.41, 5.74) is 3.69. The van der Waals surface area contributed by atoms with E-state index >= 15 is 0 Å². The van der Waals surface area contributed by atoms with Crippen LogP contribution in [0.4, 0.5) is 5.95 Å². The summed E-state index contributed by atoms with van der Waals surface area (Å²) in [5.74, 6) is -0.203. The highest BCUT2D eigenvalue weighted by Gasteiger charge is 2.22. The highest BCUT2D eigenvalue weighted by Crippen LogP contribution is 2.36. The van der Waals surface area contributed by atoms with E-state index in [0.29, 0.717) is 29.4 Å². The molecule has 160 valence electrons. The first-order valence-corrected chi connectivity index (χ1v) is 10.7. The first-order chi connectivity index (χ1) is 15.0. The third-order valence-electron chi connectivity index (χ3n) is 5.38. The van der Waals surface area contributed by atoms with Crippen molar-refractivity contribution in [1.82, 2.24) is 9.97 Å². The predicted octanol–water partition coefficient (Wildman–Crippen LogP) is 5.74. The number of nitrogens with one attached hydrogen (secondary N) is 1. The molecule has 31 heavy (non-hydrogen) atoms. The molecule has 3 aromatic rings. The fourth-order valence-electron chi connectivity index (χ4n) is 3.76. The fraction of sp³-hybridized carbons (Fsp3) is 0.292. The van der Waals surface area contributed by atoms with Gasteiger partial charge >= 0.3 is 5.97 Å². The average molecular weight is 438 g/mol. The second-order valence-corrected chi connectivity index (χ2v) is 8.18. The zero-order valence-corrected chi connectivity index (χ0v) is 18.0. The monoisotopic (exact) mass is 437 g/mol. The van der Waals surface area contributed by atoms with Gasteiger partial charge in [0.25, 0.3) is 0 Å². The maximum absolute atomic E-state index is 11.7. The number of carboxylic acids is 1. The normalized spacial score (nSPS) is 13.9. The van der Waals surface area contributed by atoms with Gasteiger partial charge in [0, 0.05) is 24.5 Å². The lowest BCUT2D eigenvalue weighted by Crippen LogP contribution is -2.12. The summed E-state index contributed by atoms with van der Waals surface area (Å²) in [6.45, 7) is 2.67. The van der Waals surface area contributed by atoms with E-state index in [9.17, 15) is 9.90 Å². The van der Waals surface area contributed by atoms with Crippen molar-refractivity contribution in [2.75, 3.05) is 5.32 Å². The molecule has 0 spiro atoms. The van der Waals surface area contributed by atoms with E-state index in [0.717, 1.165) is 31.2 Å². The van der Waals surface area contributed by atoms with E-state index in [2.05, 4.69) is 34.3 Å². The first-order valence-electron chi connectivity index (χ1n) is 10.3. The Morgan fingerprint density at radius 2 is 1.90 bits per heavy atom. The van der Waals surface area contributed by atoms with E-state index < -0.39 is 5.97 Å². The molecule has 1 aliphatic rings. The number of aromatic nitrogens is 2. The van der Waals surface area contributed by atoms with Crippen LogP contribution in [0, 0.1) is 6.92 Å². The van der Waals surface area contributed by atoms with Crippen molar-refractivity contribution < 1.29 is 14.6 Å². The number of hydrogen-bond donors (Lipinski definition) is 2. The van der Waals surface area contributed by atoms with Gasteiger partial charge in [0.05, 0.1) is 16.7 Å². The van der Waals surface area contributed by atoms with Gasteiger partial charge in [-0.1, -0.05) is 41.4 Å². The number of ether oxygens (including phenoxy) is 1. The molecule has 2 aromatic carbocycles. The number of anilines is 1. The Labute approximate surface area is 186 Å². The van der Waals surface area contributed by atoms with Crippen molar-refractivity contribution in [3.63, 3.8) is 0 Å². The SMILES string of the molecule is Cc1cccc(CNc2ncc(-c3cc(OC4CCCC4)c(Cl)c(C(=O)O)c3)cn2)c1. The van der Waals surface area contributed by atoms with Gasteiger partial charge in [0.15, 0.2) is 0 Å². The third kappa shape index (κ3) is 5.14. The first kappa shape index (κ1) is 21.1. The minimum absolute atomic E-state index is 0.00816. The number of carboxylic acid groups (broad SMARTS) is 1. The predicted molar refractivity (Wildman–Crippen MR) is 121 cm³/mol. The standard InChI is InChI=1S/C24H24ClN3O3/c1-15-5-4-6-16(9-15)12-26-24-27-13-18(14-28-24)17-10-20(23(29)30)22(25)21(11-17)31-19-7-2-3-8-19/h4-6,9-11,13-14,19H,2-3,7-8,12H2,1H3,(H,29,30)(H,26,27,28). The van der Waals surface area contributed by atoms with E-state index in [-0.39, 0.29) is 16.7 Å². The fourth-order valence-corrected chi connectivity index (χ4v) is 4.00. The van der Waals surface area contributed by atoms with Crippen molar-refractivity contribution in [1.29, 1.82) is 0 Å². The zero-order valence-electron chi connectivity index (χ0n) is 17.3. The summed E-state index contributed by atoms with van der Waals surface area (Å²) >= 11 is 6.33. The minimum Gasteiger partial charge on any atom is -0.489 e. The molecule has 2 N–H and O–H groups in total. The maximum Gasteiger partial charge on any atom is 0.337 e. The van der Waals surface area contributed by atoms with Crippen LogP contribution in [0.3, 0.4) is 0 Å². The molecule has 0 aliphatic heterocycles. The molecule has 0 bridgehead atoms. The molecule has 0 unspecified atom stereocenters. The van der Waals surface area contributed by atoms with Crippen LogP contribution in [-0.4, -0.2) is 27.1 Å². The van der Waals surface area contributed by atoms with Crippen LogP contribution in [0.2, 0.25) is 5.02 Å². The molecular weight excluding hydrogens is 414 g/mol. The van der Waals surface area contributed by atoms with Crippen molar-refractivity contribution in [3.05, 3.63) is 70.5 Å². The number of benzene rings is 2. The van der Waals surface area contributed by atoms with Gasteiger partial charge in [-0.05, 0) is 55.9 Å². The van der Waals surface area contributed by atoms with Crippen molar-refractivity contribution in [2.45, 2.75) is 45.3 Å². The van der Waals surface area contributed by atoms with Gasteiger partial charge in [0.1, 0.15) is 5.75 Å². The van der Waals surface area contributed by atoms with Crippen LogP contribution >= 0.6 is 11.6 Å². The topological polar surface area (TPSA) is 84.3 Å². The average Bonchev–Trinajstić information content (AvgIpc) is 3.27. The molecule has 1 aliphatic carbocycles. The molecule has 6 nitrogen and oxygen atoms in total. The van der Waals surface area contributed by atoms with Crippen molar-refractivity contribution >= 4 is 23.5 Å². The number of rotatable bonds is 7. The molecule has 0 atom stereocenters. The smallest absolute Gasteiger partial charge is 0.337 e. The summed E-state index contributed by atoms with van der Waals surface area (Å²) in [5, 5.41) is 12.9. The Bertz CT molecular complexity index is 1080. The van der Waals surface area contributed by atoms with Gasteiger partial charge < -0.3 is 15.2 Å². The Morgan fingerprint density at radius 1 is 1.16 bits per heavy atom. The molecule has 1 heterocycles. The molecule has 4 rings (SSSR count). The molecular formula is C24H24ClN3O3. The van der Waals surface area contributed by atoms with Gasteiger partial charge in [-0.25, -0.2) is 14.8 Å². The maximum atomic E-state index is 11.7. The summed E-state index contributed by atoms with van der Waals surface area (Å²) in [6, 6.07) is 11.5. The van der Waals surface area contributed by atoms with Crippen LogP contribution in [0.1, 0.15) is 47.2 Å². The molecule has 7 heteroatoms. The number of aryl methyl sites for hydroxylation is 1. The lowest BCUT2D eigenvalue weighted by molar-refractivity contribution is 0.0696. The van der Waals surface area contributed by atoms with E-state index in [1.54, 1.807) is 18.5 Å². The minimum atomic E-state index is -1.10. The van der Waals surface area contributed by atoms with Crippen LogP contribution in [0.5, 0.6) is 5.75 Å². The summed E-state index contributed by atoms with van der Waals surface area (Å²) < 4.78 is 6.03. The number of aromatic carboxylic acids is 1.